The van der Waals surface area contributed by atoms with E-state index in [0.29, 0.717) is 6.42 Å². The summed E-state index contributed by atoms with van der Waals surface area (Å²) in [5.41, 5.74) is 3.87. The van der Waals surface area contributed by atoms with Gasteiger partial charge < -0.3 is 5.32 Å². The molecule has 20 heavy (non-hydrogen) atoms. The molecule has 0 fully saturated rings. The Labute approximate surface area is 118 Å². The van der Waals surface area contributed by atoms with Crippen LogP contribution in [0.4, 0.5) is 18.9 Å². The summed E-state index contributed by atoms with van der Waals surface area (Å²) in [7, 11) is 0. The van der Waals surface area contributed by atoms with E-state index in [1.54, 1.807) is 0 Å². The van der Waals surface area contributed by atoms with E-state index >= 15 is 0 Å². The summed E-state index contributed by atoms with van der Waals surface area (Å²) in [5.74, 6) is 0. The number of rotatable bonds is 5. The maximum atomic E-state index is 12.1. The van der Waals surface area contributed by atoms with Gasteiger partial charge >= 0.3 is 6.18 Å². The molecule has 1 N–H and O–H groups in total. The summed E-state index contributed by atoms with van der Waals surface area (Å²) in [6.45, 7) is 1.96. The van der Waals surface area contributed by atoms with Crippen molar-refractivity contribution in [2.45, 2.75) is 64.1 Å². The van der Waals surface area contributed by atoms with Crippen LogP contribution in [-0.2, 0) is 12.8 Å². The number of hydrogen-bond donors (Lipinski definition) is 1. The number of anilines is 1. The first-order valence-corrected chi connectivity index (χ1v) is 7.40. The van der Waals surface area contributed by atoms with Crippen LogP contribution in [0.3, 0.4) is 0 Å². The molecule has 1 nitrogen and oxygen atoms in total. The topological polar surface area (TPSA) is 12.0 Å². The lowest BCUT2D eigenvalue weighted by atomic mass is 9.90. The van der Waals surface area contributed by atoms with Gasteiger partial charge in [-0.15, -0.1) is 0 Å². The van der Waals surface area contributed by atoms with Gasteiger partial charge in [0.25, 0.3) is 0 Å². The van der Waals surface area contributed by atoms with Crippen LogP contribution in [-0.4, -0.2) is 12.2 Å². The smallest absolute Gasteiger partial charge is 0.382 e. The van der Waals surface area contributed by atoms with Gasteiger partial charge in [0.1, 0.15) is 0 Å². The molecule has 1 aromatic rings. The van der Waals surface area contributed by atoms with E-state index in [1.807, 2.05) is 19.1 Å². The summed E-state index contributed by atoms with van der Waals surface area (Å²) in [4.78, 5) is 0. The van der Waals surface area contributed by atoms with Crippen molar-refractivity contribution < 1.29 is 13.2 Å². The molecule has 0 heterocycles. The highest BCUT2D eigenvalue weighted by molar-refractivity contribution is 5.56. The zero-order valence-electron chi connectivity index (χ0n) is 11.9. The fraction of sp³-hybridized carbons (Fsp3) is 0.625. The third-order valence-electron chi connectivity index (χ3n) is 3.90. The third kappa shape index (κ3) is 4.43. The summed E-state index contributed by atoms with van der Waals surface area (Å²) in [6, 6.07) is 6.32. The van der Waals surface area contributed by atoms with Gasteiger partial charge in [0.05, 0.1) is 0 Å². The molecule has 1 aliphatic rings. The molecule has 0 aliphatic heterocycles. The van der Waals surface area contributed by atoms with Crippen molar-refractivity contribution in [2.75, 3.05) is 5.32 Å². The first kappa shape index (κ1) is 15.2. The van der Waals surface area contributed by atoms with Crippen molar-refractivity contribution in [1.82, 2.24) is 0 Å². The highest BCUT2D eigenvalue weighted by Gasteiger charge is 2.26. The lowest BCUT2D eigenvalue weighted by Crippen LogP contribution is -2.18. The van der Waals surface area contributed by atoms with Gasteiger partial charge in [-0.25, -0.2) is 0 Å². The first-order valence-electron chi connectivity index (χ1n) is 7.40. The largest absolute Gasteiger partial charge is 0.389 e. The van der Waals surface area contributed by atoms with E-state index in [0.717, 1.165) is 18.5 Å². The van der Waals surface area contributed by atoms with Crippen LogP contribution in [0.5, 0.6) is 0 Å². The molecule has 0 spiro atoms. The highest BCUT2D eigenvalue weighted by Crippen LogP contribution is 2.29. The highest BCUT2D eigenvalue weighted by atomic mass is 19.4. The van der Waals surface area contributed by atoms with Crippen LogP contribution in [0, 0.1) is 0 Å². The SMILES string of the molecule is CC(CCCC(F)(F)F)Nc1cccc2c1CCCC2. The quantitative estimate of drug-likeness (QED) is 0.793. The summed E-state index contributed by atoms with van der Waals surface area (Å²) in [5, 5.41) is 3.39. The minimum absolute atomic E-state index is 0.0748. The van der Waals surface area contributed by atoms with Crippen molar-refractivity contribution in [3.63, 3.8) is 0 Å². The van der Waals surface area contributed by atoms with E-state index in [1.165, 1.54) is 24.0 Å². The molecule has 1 unspecified atom stereocenters. The molecular formula is C16H22F3N. The minimum Gasteiger partial charge on any atom is -0.382 e. The van der Waals surface area contributed by atoms with Crippen LogP contribution in [0.25, 0.3) is 0 Å². The lowest BCUT2D eigenvalue weighted by molar-refractivity contribution is -0.135. The number of benzene rings is 1. The van der Waals surface area contributed by atoms with Gasteiger partial charge in [-0.1, -0.05) is 12.1 Å². The normalized spacial score (nSPS) is 16.6. The fourth-order valence-electron chi connectivity index (χ4n) is 2.86. The molecule has 0 radical (unpaired) electrons. The summed E-state index contributed by atoms with van der Waals surface area (Å²) >= 11 is 0. The lowest BCUT2D eigenvalue weighted by Gasteiger charge is -2.23. The Kier molecular flexibility index (Phi) is 4.95. The Morgan fingerprint density at radius 2 is 1.95 bits per heavy atom. The fourth-order valence-corrected chi connectivity index (χ4v) is 2.86. The molecule has 2 rings (SSSR count). The van der Waals surface area contributed by atoms with Crippen molar-refractivity contribution in [3.05, 3.63) is 29.3 Å². The van der Waals surface area contributed by atoms with Crippen LogP contribution in [0.15, 0.2) is 18.2 Å². The van der Waals surface area contributed by atoms with E-state index in [9.17, 15) is 13.2 Å². The van der Waals surface area contributed by atoms with Gasteiger partial charge in [-0.05, 0) is 62.6 Å². The second-order valence-corrected chi connectivity index (χ2v) is 5.70. The van der Waals surface area contributed by atoms with Crippen LogP contribution < -0.4 is 5.32 Å². The summed E-state index contributed by atoms with van der Waals surface area (Å²) in [6.07, 6.45) is 0.639. The average Bonchev–Trinajstić information content (AvgIpc) is 2.37. The number of hydrogen-bond acceptors (Lipinski definition) is 1. The van der Waals surface area contributed by atoms with Gasteiger partial charge in [0.15, 0.2) is 0 Å². The number of fused-ring (bicyclic) bond motifs is 1. The Bertz CT molecular complexity index is 440. The van der Waals surface area contributed by atoms with E-state index in [4.69, 9.17) is 0 Å². The number of halogens is 3. The maximum absolute atomic E-state index is 12.1. The standard InChI is InChI=1S/C16H22F3N/c1-12(6-5-11-16(17,18)19)20-15-10-4-8-13-7-2-3-9-14(13)15/h4,8,10,12,20H,2-3,5-7,9,11H2,1H3. The van der Waals surface area contributed by atoms with Crippen LogP contribution in [0.2, 0.25) is 0 Å². The van der Waals surface area contributed by atoms with Crippen molar-refractivity contribution in [2.24, 2.45) is 0 Å². The van der Waals surface area contributed by atoms with Crippen molar-refractivity contribution >= 4 is 5.69 Å². The molecule has 0 bridgehead atoms. The number of nitrogens with one attached hydrogen (secondary N) is 1. The molecular weight excluding hydrogens is 263 g/mol. The Balaban J connectivity index is 1.90. The van der Waals surface area contributed by atoms with E-state index < -0.39 is 12.6 Å². The molecule has 1 aromatic carbocycles. The minimum atomic E-state index is -4.04. The van der Waals surface area contributed by atoms with Crippen LogP contribution >= 0.6 is 0 Å². The monoisotopic (exact) mass is 285 g/mol. The molecule has 1 aliphatic carbocycles. The zero-order valence-corrected chi connectivity index (χ0v) is 11.9. The average molecular weight is 285 g/mol. The molecule has 0 saturated heterocycles. The third-order valence-corrected chi connectivity index (χ3v) is 3.90. The Hall–Kier alpha value is -1.19. The second-order valence-electron chi connectivity index (χ2n) is 5.70. The van der Waals surface area contributed by atoms with E-state index in [2.05, 4.69) is 11.4 Å². The zero-order chi connectivity index (χ0) is 14.6. The van der Waals surface area contributed by atoms with Crippen molar-refractivity contribution in [1.29, 1.82) is 0 Å². The Morgan fingerprint density at radius 1 is 1.20 bits per heavy atom. The molecule has 1 atom stereocenters. The van der Waals surface area contributed by atoms with Gasteiger partial charge in [0, 0.05) is 18.2 Å². The number of aryl methyl sites for hydroxylation is 1. The molecule has 0 aromatic heterocycles. The second kappa shape index (κ2) is 6.51. The predicted octanol–water partition coefficient (Wildman–Crippen LogP) is 5.10. The maximum Gasteiger partial charge on any atom is 0.389 e. The predicted molar refractivity (Wildman–Crippen MR) is 76.1 cm³/mol. The van der Waals surface area contributed by atoms with Crippen LogP contribution in [0.1, 0.15) is 50.2 Å². The molecule has 0 amide bonds. The van der Waals surface area contributed by atoms with Gasteiger partial charge in [-0.2, -0.15) is 13.2 Å². The van der Waals surface area contributed by atoms with Crippen molar-refractivity contribution in [3.8, 4) is 0 Å². The van der Waals surface area contributed by atoms with Gasteiger partial charge in [-0.3, -0.25) is 0 Å². The molecule has 4 heteroatoms. The van der Waals surface area contributed by atoms with Gasteiger partial charge in [0.2, 0.25) is 0 Å². The number of alkyl halides is 3. The first-order chi connectivity index (χ1) is 9.46. The Morgan fingerprint density at radius 3 is 2.70 bits per heavy atom. The molecule has 112 valence electrons. The van der Waals surface area contributed by atoms with E-state index in [-0.39, 0.29) is 12.5 Å². The molecule has 0 saturated carbocycles. The summed E-state index contributed by atoms with van der Waals surface area (Å²) < 4.78 is 36.4.